The molecular weight excluding hydrogens is 1320 g/mol. The zero-order chi connectivity index (χ0) is 62.0. The van der Waals surface area contributed by atoms with E-state index in [0.717, 1.165) is 73.7 Å². The maximum atomic E-state index is 12.5. The Hall–Kier alpha value is 3.71. The topological polar surface area (TPSA) is 371 Å². The first kappa shape index (κ1) is 83.4. The summed E-state index contributed by atoms with van der Waals surface area (Å²) in [5.74, 6) is -3.03. The van der Waals surface area contributed by atoms with Crippen LogP contribution >= 0.6 is 0 Å². The van der Waals surface area contributed by atoms with Gasteiger partial charge in [-0.15, -0.1) is 0 Å². The molecule has 0 amide bonds. The summed E-state index contributed by atoms with van der Waals surface area (Å²) in [7, 11) is -26.8. The number of aliphatic hydroxyl groups excluding tert-OH is 1. The molecule has 4 saturated carbocycles. The van der Waals surface area contributed by atoms with E-state index in [9.17, 15) is 70.0 Å². The number of fused-ring (bicyclic) bond motifs is 10. The van der Waals surface area contributed by atoms with Crippen LogP contribution in [0.2, 0.25) is 0 Å². The standard InChI is InChI=1S/C56H90O23S5.5Na/c1-28(35-13-15-37-33-24-43(75-81(61,62)63)48-31(4)50(78-84(70,71)72)45(77-83(67,68)69)27-55(48,10)40(33)18-20-52(35,37)7)12-17-46-56(11)25-32(51(5,6)79-56)22-41(73-46)29(2)36-14-16-38-34-23-42(74-80(58,59)60)47-30(3)49(57)44(76-82(64,65)66)26-54(47,9)39(34)19-21-53(36,38)8;;;;;/h28-32,35-38,41-50,57H,12-27H2,1-11H3,(H,58,59,60)(H,61,62,63)(H,64,65,66)(H,67,68,69)(H,70,71,72);;;;;/q;5*+1/p-5/t28-,29+,30-,31-,32+,35-,36-,37+,38+,41-,42+,43+,44+,45+,46+,47-,48-,49-,50-,52-,53-,54-,55-,56+;;;;;/m1...../s1. The van der Waals surface area contributed by atoms with Crippen molar-refractivity contribution < 1.29 is 248 Å². The second kappa shape index (κ2) is 28.9. The Kier molecular flexibility index (Phi) is 27.0. The van der Waals surface area contributed by atoms with Gasteiger partial charge in [-0.3, -0.25) is 20.9 Å². The SMILES string of the molecule is C[C@H]1[C@@H](O)[C@@H](OS(=O)(=O)[O-])C[C@]2(C)C3=C(C[C@H](OS(=O)(=O)[O-])[C@@H]12)[C@@H]1CC[C@H]([C@H](C)[C@H]2C[C@H]4C[C@](C)(OC4(C)C)[C@H](CC[C@@H](C)[C@H]4CC[C@H]5C6=C(CC[C@]45C)[C@@]4(C)C[C@H](OS(=O)(=O)[O-])[C@H](OS(=O)(=O)[O-])[C@H](C)[C@@H]4[C@@H](OS(=O)(=O)[O-])C6)O2)[C@@]1(C)CC3.[Na+].[Na+].[Na+].[Na+].[Na+]. The number of hydrogen-bond acceptors (Lipinski definition) is 23. The van der Waals surface area contributed by atoms with Crippen LogP contribution in [0.3, 0.4) is 0 Å². The molecule has 24 atom stereocenters. The molecule has 8 aliphatic carbocycles. The Labute approximate surface area is 639 Å². The maximum Gasteiger partial charge on any atom is 1.00 e. The summed E-state index contributed by atoms with van der Waals surface area (Å²) < 4.78 is 223. The van der Waals surface area contributed by atoms with Crippen LogP contribution in [0.15, 0.2) is 22.3 Å². The van der Waals surface area contributed by atoms with Gasteiger partial charge in [0.05, 0.1) is 41.7 Å². The minimum absolute atomic E-state index is 0. The maximum absolute atomic E-state index is 12.5. The number of rotatable bonds is 16. The predicted octanol–water partition coefficient (Wildman–Crippen LogP) is -8.24. The third-order valence-corrected chi connectivity index (χ3v) is 27.0. The molecule has 0 aromatic heterocycles. The second-order valence-corrected chi connectivity index (χ2v) is 34.3. The molecule has 10 rings (SSSR count). The van der Waals surface area contributed by atoms with E-state index in [-0.39, 0.29) is 238 Å². The first-order valence-corrected chi connectivity index (χ1v) is 36.7. The molecule has 89 heavy (non-hydrogen) atoms. The summed E-state index contributed by atoms with van der Waals surface area (Å²) in [6, 6.07) is 0. The van der Waals surface area contributed by atoms with Crippen LogP contribution in [0.25, 0.3) is 0 Å². The average Bonchev–Trinajstić information content (AvgIpc) is 1.62. The van der Waals surface area contributed by atoms with Crippen LogP contribution < -0.4 is 148 Å². The van der Waals surface area contributed by atoms with E-state index in [1.54, 1.807) is 13.8 Å². The summed E-state index contributed by atoms with van der Waals surface area (Å²) in [4.78, 5) is 0. The molecule has 10 aliphatic rings. The monoisotopic (exact) mass is 1400 g/mol. The van der Waals surface area contributed by atoms with Gasteiger partial charge >= 0.3 is 148 Å². The van der Waals surface area contributed by atoms with Crippen molar-refractivity contribution in [2.24, 2.45) is 86.8 Å². The molecule has 6 fully saturated rings. The van der Waals surface area contributed by atoms with E-state index in [2.05, 4.69) is 48.5 Å². The van der Waals surface area contributed by atoms with Gasteiger partial charge in [0.1, 0.15) is 18.3 Å². The van der Waals surface area contributed by atoms with Crippen LogP contribution in [-0.4, -0.2) is 130 Å². The van der Waals surface area contributed by atoms with Crippen molar-refractivity contribution in [2.75, 3.05) is 0 Å². The Morgan fingerprint density at radius 1 is 0.562 bits per heavy atom. The smallest absolute Gasteiger partial charge is 0.726 e. The molecular formula is C56H85Na5O23S5. The third-order valence-electron chi connectivity index (χ3n) is 24.6. The van der Waals surface area contributed by atoms with Gasteiger partial charge in [-0.2, -0.15) is 0 Å². The molecule has 33 heteroatoms. The zero-order valence-electron chi connectivity index (χ0n) is 54.8. The second-order valence-electron chi connectivity index (χ2n) is 29.3. The fourth-order valence-electron chi connectivity index (χ4n) is 21.6. The Balaban J connectivity index is 0.00000288. The quantitative estimate of drug-likeness (QED) is 0.0649. The average molecular weight is 1400 g/mol. The van der Waals surface area contributed by atoms with Crippen LogP contribution in [0.5, 0.6) is 0 Å². The summed E-state index contributed by atoms with van der Waals surface area (Å²) in [5, 5.41) is 11.3. The summed E-state index contributed by atoms with van der Waals surface area (Å²) >= 11 is 0. The summed E-state index contributed by atoms with van der Waals surface area (Å²) in [6.45, 7) is 22.3. The van der Waals surface area contributed by atoms with Crippen molar-refractivity contribution in [3.8, 4) is 0 Å². The van der Waals surface area contributed by atoms with Crippen molar-refractivity contribution in [3.63, 3.8) is 0 Å². The molecule has 0 aromatic rings. The summed E-state index contributed by atoms with van der Waals surface area (Å²) in [6.07, 6.45) is -0.874. The van der Waals surface area contributed by atoms with Crippen molar-refractivity contribution in [2.45, 2.75) is 239 Å². The molecule has 2 saturated heterocycles. The van der Waals surface area contributed by atoms with E-state index in [4.69, 9.17) is 30.4 Å². The molecule has 2 aliphatic heterocycles. The normalized spacial score (nSPS) is 44.1. The van der Waals surface area contributed by atoms with Gasteiger partial charge in [0, 0.05) is 11.8 Å². The predicted molar refractivity (Wildman–Crippen MR) is 293 cm³/mol. The molecule has 2 bridgehead atoms. The Morgan fingerprint density at radius 3 is 1.45 bits per heavy atom. The first-order chi connectivity index (χ1) is 38.3. The van der Waals surface area contributed by atoms with Crippen LogP contribution in [0.4, 0.5) is 0 Å². The number of allylic oxidation sites excluding steroid dienone is 2. The van der Waals surface area contributed by atoms with E-state index in [1.807, 2.05) is 6.92 Å². The molecule has 0 unspecified atom stereocenters. The molecule has 1 N–H and O–H groups in total. The molecule has 0 radical (unpaired) electrons. The van der Waals surface area contributed by atoms with Crippen LogP contribution in [0, 0.1) is 86.8 Å². The van der Waals surface area contributed by atoms with Gasteiger partial charge in [0.2, 0.25) is 52.0 Å². The molecule has 0 spiro atoms. The molecule has 482 valence electrons. The van der Waals surface area contributed by atoms with Gasteiger partial charge in [-0.25, -0.2) is 42.1 Å². The van der Waals surface area contributed by atoms with Crippen molar-refractivity contribution in [1.82, 2.24) is 0 Å². The van der Waals surface area contributed by atoms with Gasteiger partial charge in [0.25, 0.3) is 0 Å². The zero-order valence-corrected chi connectivity index (χ0v) is 68.8. The van der Waals surface area contributed by atoms with Crippen molar-refractivity contribution in [3.05, 3.63) is 22.3 Å². The Morgan fingerprint density at radius 2 is 0.978 bits per heavy atom. The fraction of sp³-hybridized carbons (Fsp3) is 0.929. The minimum atomic E-state index is -5.50. The number of ether oxygens (including phenoxy) is 2. The summed E-state index contributed by atoms with van der Waals surface area (Å²) in [5.41, 5.74) is -0.0288. The van der Waals surface area contributed by atoms with E-state index in [1.165, 1.54) is 6.92 Å². The van der Waals surface area contributed by atoms with E-state index < -0.39 is 134 Å². The number of aliphatic hydroxyl groups is 1. The van der Waals surface area contributed by atoms with Crippen molar-refractivity contribution >= 4 is 52.0 Å². The van der Waals surface area contributed by atoms with Gasteiger partial charge < -0.3 is 37.3 Å². The Bertz CT molecular complexity index is 3270. The number of hydrogen-bond donors (Lipinski definition) is 1. The van der Waals surface area contributed by atoms with Crippen LogP contribution in [0.1, 0.15) is 179 Å². The van der Waals surface area contributed by atoms with E-state index >= 15 is 0 Å². The van der Waals surface area contributed by atoms with Gasteiger partial charge in [-0.1, -0.05) is 77.7 Å². The van der Waals surface area contributed by atoms with Gasteiger partial charge in [-0.05, 0) is 198 Å². The van der Waals surface area contributed by atoms with Crippen LogP contribution in [-0.2, 0) is 82.4 Å². The van der Waals surface area contributed by atoms with Crippen molar-refractivity contribution in [1.29, 1.82) is 0 Å². The fourth-order valence-corrected chi connectivity index (χ4v) is 24.1. The minimum Gasteiger partial charge on any atom is -0.726 e. The van der Waals surface area contributed by atoms with E-state index in [0.29, 0.717) is 25.7 Å². The third kappa shape index (κ3) is 16.3. The molecule has 23 nitrogen and oxygen atoms in total. The molecule has 0 aromatic carbocycles. The largest absolute Gasteiger partial charge is 1.00 e. The molecule has 2 heterocycles. The first-order valence-electron chi connectivity index (χ1n) is 30.0. The van der Waals surface area contributed by atoms with Gasteiger partial charge in [0.15, 0.2) is 0 Å².